The molecule has 0 aromatic heterocycles. The van der Waals surface area contributed by atoms with Gasteiger partial charge in [-0.15, -0.1) is 0 Å². The third kappa shape index (κ3) is 4.33. The highest BCUT2D eigenvalue weighted by Crippen LogP contribution is 2.39. The van der Waals surface area contributed by atoms with Gasteiger partial charge in [0.25, 0.3) is 5.85 Å². The molecule has 0 aromatic carbocycles. The molecule has 2 aliphatic heterocycles. The first-order chi connectivity index (χ1) is 9.36. The molecule has 2 aliphatic rings. The summed E-state index contributed by atoms with van der Waals surface area (Å²) in [7, 11) is 0. The van der Waals surface area contributed by atoms with E-state index in [1.807, 2.05) is 0 Å². The highest BCUT2D eigenvalue weighted by atomic mass is 19.4. The molecule has 0 N–H and O–H groups in total. The molecule has 21 heavy (non-hydrogen) atoms. The van der Waals surface area contributed by atoms with Crippen LogP contribution < -0.4 is 0 Å². The molecule has 1 fully saturated rings. The summed E-state index contributed by atoms with van der Waals surface area (Å²) in [6.07, 6.45) is -6.59. The minimum Gasteiger partial charge on any atom is -0.454 e. The lowest BCUT2D eigenvalue weighted by molar-refractivity contribution is -0.333. The third-order valence-electron chi connectivity index (χ3n) is 2.10. The Morgan fingerprint density at radius 3 is 1.95 bits per heavy atom. The Morgan fingerprint density at radius 1 is 1.19 bits per heavy atom. The van der Waals surface area contributed by atoms with Crippen molar-refractivity contribution in [3.8, 4) is 0 Å². The summed E-state index contributed by atoms with van der Waals surface area (Å²) in [6.45, 7) is 1.12. The average Bonchev–Trinajstić information content (AvgIpc) is 2.83. The quantitative estimate of drug-likeness (QED) is 0.634. The van der Waals surface area contributed by atoms with Crippen LogP contribution in [-0.2, 0) is 18.9 Å². The van der Waals surface area contributed by atoms with Gasteiger partial charge < -0.3 is 18.9 Å². The molecule has 2 rings (SSSR count). The van der Waals surface area contributed by atoms with Crippen molar-refractivity contribution in [1.82, 2.24) is 0 Å². The number of rotatable bonds is 0. The molecule has 0 amide bonds. The van der Waals surface area contributed by atoms with Crippen LogP contribution in [0, 0.1) is 0 Å². The summed E-state index contributed by atoms with van der Waals surface area (Å²) < 4.78 is 99.1. The van der Waals surface area contributed by atoms with Crippen LogP contribution in [0.25, 0.3) is 0 Å². The van der Waals surface area contributed by atoms with Crippen molar-refractivity contribution < 1.29 is 49.7 Å². The topological polar surface area (TPSA) is 36.9 Å². The van der Waals surface area contributed by atoms with Gasteiger partial charge in [-0.2, -0.15) is 30.7 Å². The van der Waals surface area contributed by atoms with E-state index < -0.39 is 42.5 Å². The van der Waals surface area contributed by atoms with E-state index in [9.17, 15) is 30.7 Å². The SMILES string of the molecule is CC1(C(F)(F)F)OC=C(F)O1.CC1(F)COC(=C(F)F)O1. The van der Waals surface area contributed by atoms with Gasteiger partial charge in [0.2, 0.25) is 0 Å². The first-order valence-corrected chi connectivity index (χ1v) is 5.21. The predicted molar refractivity (Wildman–Crippen MR) is 51.6 cm³/mol. The molecule has 2 unspecified atom stereocenters. The lowest BCUT2D eigenvalue weighted by Gasteiger charge is -2.24. The minimum absolute atomic E-state index is 0.285. The Morgan fingerprint density at radius 2 is 1.76 bits per heavy atom. The largest absolute Gasteiger partial charge is 0.467 e. The summed E-state index contributed by atoms with van der Waals surface area (Å²) >= 11 is 0. The number of halogens is 7. The van der Waals surface area contributed by atoms with Crippen LogP contribution in [0.1, 0.15) is 13.8 Å². The molecule has 1 saturated heterocycles. The summed E-state index contributed by atoms with van der Waals surface area (Å²) in [6, 6.07) is -1.37. The zero-order valence-corrected chi connectivity index (χ0v) is 10.6. The fourth-order valence-electron chi connectivity index (χ4n) is 1.06. The van der Waals surface area contributed by atoms with E-state index in [2.05, 4.69) is 18.9 Å². The van der Waals surface area contributed by atoms with Crippen LogP contribution in [0.5, 0.6) is 0 Å². The molecular weight excluding hydrogens is 317 g/mol. The molecule has 2 atom stereocenters. The van der Waals surface area contributed by atoms with Crippen molar-refractivity contribution in [2.45, 2.75) is 31.7 Å². The number of ether oxygens (including phenoxy) is 4. The van der Waals surface area contributed by atoms with E-state index in [1.54, 1.807) is 0 Å². The highest BCUT2D eigenvalue weighted by molar-refractivity contribution is 4.91. The molecule has 122 valence electrons. The lowest BCUT2D eigenvalue weighted by Crippen LogP contribution is -2.43. The van der Waals surface area contributed by atoms with Gasteiger partial charge in [-0.05, 0) is 0 Å². The lowest BCUT2D eigenvalue weighted by atomic mass is 10.3. The fraction of sp³-hybridized carbons (Fsp3) is 0.600. The number of alkyl halides is 4. The summed E-state index contributed by atoms with van der Waals surface area (Å²) in [4.78, 5) is 0. The number of hydrogen-bond donors (Lipinski definition) is 0. The summed E-state index contributed by atoms with van der Waals surface area (Å²) in [5.74, 6) is -5.99. The maximum absolute atomic E-state index is 12.5. The normalized spacial score (nSPS) is 31.1. The van der Waals surface area contributed by atoms with Crippen LogP contribution in [0.4, 0.5) is 30.7 Å². The molecule has 0 spiro atoms. The van der Waals surface area contributed by atoms with Crippen LogP contribution >= 0.6 is 0 Å². The molecule has 4 nitrogen and oxygen atoms in total. The van der Waals surface area contributed by atoms with Crippen molar-refractivity contribution in [2.75, 3.05) is 6.61 Å². The standard InChI is InChI=1S/C5H4F4O2.C5H5F3O2/c1-4(5(7,8)9)10-2-3(6)11-4;1-5(8)2-9-4(10-5)3(6)7/h2H,1H3;2H2,1H3. The average molecular weight is 326 g/mol. The van der Waals surface area contributed by atoms with Crippen molar-refractivity contribution in [3.05, 3.63) is 24.3 Å². The first-order valence-electron chi connectivity index (χ1n) is 5.21. The molecule has 0 aromatic rings. The van der Waals surface area contributed by atoms with Gasteiger partial charge in [0.15, 0.2) is 12.9 Å². The van der Waals surface area contributed by atoms with Gasteiger partial charge in [-0.3, -0.25) is 0 Å². The molecule has 2 heterocycles. The molecule has 0 aliphatic carbocycles. The van der Waals surface area contributed by atoms with Crippen LogP contribution in [0.3, 0.4) is 0 Å². The Hall–Kier alpha value is -1.81. The van der Waals surface area contributed by atoms with Gasteiger partial charge in [0.05, 0.1) is 0 Å². The Kier molecular flexibility index (Phi) is 4.54. The second-order valence-electron chi connectivity index (χ2n) is 4.13. The van der Waals surface area contributed by atoms with Gasteiger partial charge in [0.1, 0.15) is 0 Å². The Bertz CT molecular complexity index is 453. The second kappa shape index (κ2) is 5.53. The van der Waals surface area contributed by atoms with Gasteiger partial charge in [-0.25, -0.2) is 0 Å². The van der Waals surface area contributed by atoms with Gasteiger partial charge in [0, 0.05) is 13.8 Å². The van der Waals surface area contributed by atoms with Crippen molar-refractivity contribution in [2.24, 2.45) is 0 Å². The van der Waals surface area contributed by atoms with Gasteiger partial charge in [-0.1, -0.05) is 0 Å². The van der Waals surface area contributed by atoms with E-state index in [4.69, 9.17) is 0 Å². The van der Waals surface area contributed by atoms with Crippen LogP contribution in [0.15, 0.2) is 24.3 Å². The predicted octanol–water partition coefficient (Wildman–Crippen LogP) is 3.86. The first kappa shape index (κ1) is 17.2. The third-order valence-corrected chi connectivity index (χ3v) is 2.10. The van der Waals surface area contributed by atoms with E-state index in [0.29, 0.717) is 6.92 Å². The summed E-state index contributed by atoms with van der Waals surface area (Å²) in [5.41, 5.74) is 0. The number of hydrogen-bond acceptors (Lipinski definition) is 4. The maximum Gasteiger partial charge on any atom is 0.467 e. The van der Waals surface area contributed by atoms with Crippen molar-refractivity contribution in [3.63, 3.8) is 0 Å². The Labute approximate surface area is 113 Å². The molecule has 0 bridgehead atoms. The monoisotopic (exact) mass is 326 g/mol. The Balaban J connectivity index is 0.000000211. The molecule has 11 heteroatoms. The highest BCUT2D eigenvalue weighted by Gasteiger charge is 2.59. The van der Waals surface area contributed by atoms with E-state index in [1.165, 1.54) is 0 Å². The summed E-state index contributed by atoms with van der Waals surface area (Å²) in [5, 5.41) is 0. The second-order valence-corrected chi connectivity index (χ2v) is 4.13. The maximum atomic E-state index is 12.5. The van der Waals surface area contributed by atoms with Gasteiger partial charge >= 0.3 is 30.0 Å². The smallest absolute Gasteiger partial charge is 0.454 e. The van der Waals surface area contributed by atoms with E-state index >= 15 is 0 Å². The van der Waals surface area contributed by atoms with E-state index in [-0.39, 0.29) is 6.26 Å². The zero-order chi connectivity index (χ0) is 16.5. The molecule has 0 radical (unpaired) electrons. The van der Waals surface area contributed by atoms with E-state index in [0.717, 1.165) is 6.92 Å². The fourth-order valence-corrected chi connectivity index (χ4v) is 1.06. The molecule has 0 saturated carbocycles. The van der Waals surface area contributed by atoms with Crippen molar-refractivity contribution >= 4 is 0 Å². The van der Waals surface area contributed by atoms with Crippen LogP contribution in [-0.4, -0.2) is 24.4 Å². The minimum atomic E-state index is -4.74. The van der Waals surface area contributed by atoms with Crippen LogP contribution in [0.2, 0.25) is 0 Å². The van der Waals surface area contributed by atoms with Crippen molar-refractivity contribution in [1.29, 1.82) is 0 Å². The zero-order valence-electron chi connectivity index (χ0n) is 10.6. The molecular formula is C10H9F7O4.